The lowest BCUT2D eigenvalue weighted by Crippen LogP contribution is -2.23. The molecule has 1 amide bonds. The molecule has 0 spiro atoms. The Hall–Kier alpha value is -2.88. The average molecular weight is 465 g/mol. The van der Waals surface area contributed by atoms with E-state index in [2.05, 4.69) is 16.9 Å². The van der Waals surface area contributed by atoms with Crippen LogP contribution in [0.15, 0.2) is 59.0 Å². The number of rotatable bonds is 7. The summed E-state index contributed by atoms with van der Waals surface area (Å²) in [5, 5.41) is 14.8. The second kappa shape index (κ2) is 9.29. The molecule has 1 aromatic heterocycles. The standard InChI is InChI=1S/C19H14Cl2N4O4S/c1-2-7-24-18(27)13-5-3-11(20)8-15(13)23-19(24)30-10-17(26)22-16-9-12(25(28)29)4-6-14(16)21/h2-6,8-9H,1,7,10H2,(H,22,26). The number of hydrogen-bond acceptors (Lipinski definition) is 6. The first-order chi connectivity index (χ1) is 14.3. The molecule has 0 radical (unpaired) electrons. The zero-order chi connectivity index (χ0) is 21.8. The molecule has 0 aliphatic carbocycles. The Kier molecular flexibility index (Phi) is 6.76. The van der Waals surface area contributed by atoms with Crippen molar-refractivity contribution in [2.75, 3.05) is 11.1 Å². The van der Waals surface area contributed by atoms with E-state index in [1.807, 2.05) is 0 Å². The van der Waals surface area contributed by atoms with E-state index >= 15 is 0 Å². The number of aromatic nitrogens is 2. The molecule has 0 unspecified atom stereocenters. The number of nitrogens with zero attached hydrogens (tertiary/aromatic N) is 3. The van der Waals surface area contributed by atoms with Crippen LogP contribution in [0.1, 0.15) is 0 Å². The van der Waals surface area contributed by atoms with Crippen molar-refractivity contribution in [3.8, 4) is 0 Å². The first kappa shape index (κ1) is 21.8. The fraction of sp³-hybridized carbons (Fsp3) is 0.105. The molecule has 0 aliphatic heterocycles. The SMILES string of the molecule is C=CCn1c(SCC(=O)Nc2cc([N+](=O)[O-])ccc2Cl)nc2cc(Cl)ccc2c1=O. The first-order valence-corrected chi connectivity index (χ1v) is 10.2. The zero-order valence-electron chi connectivity index (χ0n) is 15.3. The predicted octanol–water partition coefficient (Wildman–Crippen LogP) is 4.53. The van der Waals surface area contributed by atoms with Gasteiger partial charge in [0.25, 0.3) is 11.2 Å². The van der Waals surface area contributed by atoms with Gasteiger partial charge in [0.05, 0.1) is 32.3 Å². The summed E-state index contributed by atoms with van der Waals surface area (Å²) < 4.78 is 1.40. The van der Waals surface area contributed by atoms with E-state index in [0.717, 1.165) is 11.8 Å². The lowest BCUT2D eigenvalue weighted by molar-refractivity contribution is -0.384. The fourth-order valence-corrected chi connectivity index (χ4v) is 3.75. The number of fused-ring (bicyclic) bond motifs is 1. The van der Waals surface area contributed by atoms with Crippen molar-refractivity contribution in [1.29, 1.82) is 0 Å². The fourth-order valence-electron chi connectivity index (χ4n) is 2.61. The van der Waals surface area contributed by atoms with Crippen molar-refractivity contribution in [3.63, 3.8) is 0 Å². The molecule has 0 bridgehead atoms. The highest BCUT2D eigenvalue weighted by Gasteiger charge is 2.15. The Bertz CT molecular complexity index is 1230. The third-order valence-electron chi connectivity index (χ3n) is 3.96. The van der Waals surface area contributed by atoms with Crippen LogP contribution in [0, 0.1) is 10.1 Å². The highest BCUT2D eigenvalue weighted by Crippen LogP contribution is 2.27. The number of allylic oxidation sites excluding steroid dienone is 1. The Morgan fingerprint density at radius 1 is 1.30 bits per heavy atom. The van der Waals surface area contributed by atoms with E-state index in [9.17, 15) is 19.7 Å². The summed E-state index contributed by atoms with van der Waals surface area (Å²) in [7, 11) is 0. The van der Waals surface area contributed by atoms with Gasteiger partial charge < -0.3 is 5.32 Å². The van der Waals surface area contributed by atoms with Gasteiger partial charge in [0.1, 0.15) is 0 Å². The highest BCUT2D eigenvalue weighted by atomic mass is 35.5. The molecule has 154 valence electrons. The molecule has 0 aliphatic rings. The van der Waals surface area contributed by atoms with Gasteiger partial charge in [0.2, 0.25) is 5.91 Å². The van der Waals surface area contributed by atoms with Crippen molar-refractivity contribution >= 4 is 63.1 Å². The van der Waals surface area contributed by atoms with Gasteiger partial charge in [0, 0.05) is 23.7 Å². The van der Waals surface area contributed by atoms with Crippen LogP contribution in [-0.4, -0.2) is 26.1 Å². The largest absolute Gasteiger partial charge is 0.324 e. The number of halogens is 2. The van der Waals surface area contributed by atoms with Gasteiger partial charge in [-0.2, -0.15) is 0 Å². The normalized spacial score (nSPS) is 10.7. The number of carbonyl (C=O) groups is 1. The molecule has 0 saturated carbocycles. The first-order valence-electron chi connectivity index (χ1n) is 8.47. The van der Waals surface area contributed by atoms with Crippen LogP contribution in [0.2, 0.25) is 10.0 Å². The molecule has 1 N–H and O–H groups in total. The highest BCUT2D eigenvalue weighted by molar-refractivity contribution is 7.99. The molecule has 2 aromatic carbocycles. The van der Waals surface area contributed by atoms with Crippen molar-refractivity contribution in [1.82, 2.24) is 9.55 Å². The molecule has 3 aromatic rings. The third kappa shape index (κ3) is 4.81. The summed E-state index contributed by atoms with van der Waals surface area (Å²) in [5.74, 6) is -0.567. The zero-order valence-corrected chi connectivity index (χ0v) is 17.6. The van der Waals surface area contributed by atoms with Crippen molar-refractivity contribution in [2.24, 2.45) is 0 Å². The molecule has 0 fully saturated rings. The third-order valence-corrected chi connectivity index (χ3v) is 5.50. The van der Waals surface area contributed by atoms with Crippen LogP contribution >= 0.6 is 35.0 Å². The van der Waals surface area contributed by atoms with Gasteiger partial charge in [-0.15, -0.1) is 6.58 Å². The number of nitro groups is 1. The minimum Gasteiger partial charge on any atom is -0.324 e. The molecule has 30 heavy (non-hydrogen) atoms. The van der Waals surface area contributed by atoms with Gasteiger partial charge in [-0.25, -0.2) is 4.98 Å². The van der Waals surface area contributed by atoms with Gasteiger partial charge in [0.15, 0.2) is 5.16 Å². The number of carbonyl (C=O) groups excluding carboxylic acids is 1. The number of hydrogen-bond donors (Lipinski definition) is 1. The molecule has 1 heterocycles. The monoisotopic (exact) mass is 464 g/mol. The maximum Gasteiger partial charge on any atom is 0.271 e. The van der Waals surface area contributed by atoms with Crippen LogP contribution in [-0.2, 0) is 11.3 Å². The second-order valence-corrected chi connectivity index (χ2v) is 7.80. The summed E-state index contributed by atoms with van der Waals surface area (Å²) in [4.78, 5) is 39.9. The van der Waals surface area contributed by atoms with Crippen molar-refractivity contribution in [3.05, 3.63) is 79.6 Å². The van der Waals surface area contributed by atoms with E-state index in [1.54, 1.807) is 24.3 Å². The molecule has 3 rings (SSSR count). The summed E-state index contributed by atoms with van der Waals surface area (Å²) in [6, 6.07) is 8.52. The molecular formula is C19H14Cl2N4O4S. The Morgan fingerprint density at radius 3 is 2.77 bits per heavy atom. The van der Waals surface area contributed by atoms with E-state index in [4.69, 9.17) is 23.2 Å². The lowest BCUT2D eigenvalue weighted by Gasteiger charge is -2.12. The van der Waals surface area contributed by atoms with Crippen LogP contribution < -0.4 is 10.9 Å². The summed E-state index contributed by atoms with van der Waals surface area (Å²) >= 11 is 13.0. The topological polar surface area (TPSA) is 107 Å². The van der Waals surface area contributed by atoms with Crippen LogP contribution in [0.4, 0.5) is 11.4 Å². The number of benzene rings is 2. The van der Waals surface area contributed by atoms with Crippen molar-refractivity contribution < 1.29 is 9.72 Å². The minimum absolute atomic E-state index is 0.103. The van der Waals surface area contributed by atoms with Gasteiger partial charge >= 0.3 is 0 Å². The summed E-state index contributed by atoms with van der Waals surface area (Å²) in [5.41, 5.74) is 0.0621. The lowest BCUT2D eigenvalue weighted by atomic mass is 10.2. The number of nitrogens with one attached hydrogen (secondary N) is 1. The maximum absolute atomic E-state index is 12.8. The van der Waals surface area contributed by atoms with Gasteiger partial charge in [-0.05, 0) is 24.3 Å². The quantitative estimate of drug-likeness (QED) is 0.181. The number of thioether (sulfide) groups is 1. The van der Waals surface area contributed by atoms with E-state index < -0.39 is 10.8 Å². The van der Waals surface area contributed by atoms with E-state index in [-0.39, 0.29) is 34.3 Å². The molecule has 11 heteroatoms. The molecule has 8 nitrogen and oxygen atoms in total. The Morgan fingerprint density at radius 2 is 2.07 bits per heavy atom. The van der Waals surface area contributed by atoms with Crippen LogP contribution in [0.5, 0.6) is 0 Å². The van der Waals surface area contributed by atoms with Gasteiger partial charge in [-0.3, -0.25) is 24.3 Å². The number of amides is 1. The average Bonchev–Trinajstić information content (AvgIpc) is 2.70. The smallest absolute Gasteiger partial charge is 0.271 e. The van der Waals surface area contributed by atoms with Crippen LogP contribution in [0.3, 0.4) is 0 Å². The van der Waals surface area contributed by atoms with Crippen molar-refractivity contribution in [2.45, 2.75) is 11.7 Å². The summed E-state index contributed by atoms with van der Waals surface area (Å²) in [6.45, 7) is 3.86. The summed E-state index contributed by atoms with van der Waals surface area (Å²) in [6.07, 6.45) is 1.55. The molecule has 0 atom stereocenters. The molecule has 0 saturated heterocycles. The van der Waals surface area contributed by atoms with E-state index in [0.29, 0.717) is 21.1 Å². The molecular weight excluding hydrogens is 451 g/mol. The number of nitro benzene ring substituents is 1. The van der Waals surface area contributed by atoms with Crippen LogP contribution in [0.25, 0.3) is 10.9 Å². The van der Waals surface area contributed by atoms with E-state index in [1.165, 1.54) is 22.8 Å². The second-order valence-electron chi connectivity index (χ2n) is 6.02. The Balaban J connectivity index is 1.84. The Labute approximate surface area is 184 Å². The number of non-ortho nitro benzene ring substituents is 1. The maximum atomic E-state index is 12.8. The number of anilines is 1. The minimum atomic E-state index is -0.584. The van der Waals surface area contributed by atoms with Gasteiger partial charge in [-0.1, -0.05) is 41.0 Å². The predicted molar refractivity (Wildman–Crippen MR) is 119 cm³/mol.